The molecule has 11 heteroatoms. The van der Waals surface area contributed by atoms with E-state index in [9.17, 15) is 31.0 Å². The van der Waals surface area contributed by atoms with Gasteiger partial charge in [0.15, 0.2) is 4.75 Å². The van der Waals surface area contributed by atoms with Gasteiger partial charge in [-0.1, -0.05) is 25.7 Å². The Morgan fingerprint density at radius 3 is 2.09 bits per heavy atom. The van der Waals surface area contributed by atoms with E-state index in [0.29, 0.717) is 57.9 Å². The van der Waals surface area contributed by atoms with Crippen LogP contribution in [0.15, 0.2) is 0 Å². The highest BCUT2D eigenvalue weighted by molar-refractivity contribution is 7.85. The lowest BCUT2D eigenvalue weighted by atomic mass is 9.92. The second kappa shape index (κ2) is 12.0. The maximum atomic E-state index is 13.5. The minimum Gasteiger partial charge on any atom is -0.459 e. The van der Waals surface area contributed by atoms with Crippen molar-refractivity contribution >= 4 is 17.0 Å². The fourth-order valence-electron chi connectivity index (χ4n) is 4.41. The predicted octanol–water partition coefficient (Wildman–Crippen LogP) is 5.79. The Morgan fingerprint density at radius 1 is 1.00 bits per heavy atom. The Kier molecular flexibility index (Phi) is 10.3. The molecule has 0 bridgehead atoms. The van der Waals surface area contributed by atoms with E-state index < -0.39 is 45.8 Å². The number of hydrogen-bond acceptors (Lipinski definition) is 4. The van der Waals surface area contributed by atoms with Gasteiger partial charge >= 0.3 is 18.1 Å². The summed E-state index contributed by atoms with van der Waals surface area (Å²) in [5, 5.41) is 0. The molecule has 2 fully saturated rings. The first kappa shape index (κ1) is 29.4. The van der Waals surface area contributed by atoms with Gasteiger partial charge in [0, 0.05) is 32.7 Å². The SMILES string of the molecule is CC(C)(C)OC(=O)C1(S(=O)N2CCC(CCCCCCC(F)(F)C(F)(F)F)CC2)CCOCC1. The zero-order valence-electron chi connectivity index (χ0n) is 20.4. The maximum absolute atomic E-state index is 13.5. The number of alkyl halides is 5. The van der Waals surface area contributed by atoms with E-state index in [1.807, 2.05) is 4.31 Å². The van der Waals surface area contributed by atoms with Crippen molar-refractivity contribution in [3.05, 3.63) is 0 Å². The first-order valence-electron chi connectivity index (χ1n) is 12.1. The number of piperidine rings is 1. The molecule has 200 valence electrons. The monoisotopic (exact) mass is 519 g/mol. The lowest BCUT2D eigenvalue weighted by Crippen LogP contribution is -2.55. The number of carbonyl (C=O) groups excluding carboxylic acids is 1. The molecule has 0 saturated carbocycles. The molecule has 2 heterocycles. The van der Waals surface area contributed by atoms with Crippen molar-refractivity contribution in [2.45, 2.75) is 107 Å². The molecule has 0 aromatic heterocycles. The summed E-state index contributed by atoms with van der Waals surface area (Å²) in [7, 11) is -1.54. The standard InChI is InChI=1S/C23H38F5NO4S/c1-20(2,3)33-19(30)21(12-16-32-17-13-21)34(31)29-14-9-18(10-15-29)8-6-4-5-7-11-22(24,25)23(26,27)28/h18H,4-17H2,1-3H3. The third-order valence-electron chi connectivity index (χ3n) is 6.48. The fraction of sp³-hybridized carbons (Fsp3) is 0.957. The van der Waals surface area contributed by atoms with Crippen LogP contribution in [0.3, 0.4) is 0 Å². The molecule has 2 saturated heterocycles. The average molecular weight is 520 g/mol. The van der Waals surface area contributed by atoms with Crippen LogP contribution in [0.4, 0.5) is 22.0 Å². The summed E-state index contributed by atoms with van der Waals surface area (Å²) in [6, 6.07) is 0. The van der Waals surface area contributed by atoms with Crippen LogP contribution >= 0.6 is 0 Å². The summed E-state index contributed by atoms with van der Waals surface area (Å²) >= 11 is 0. The Balaban J connectivity index is 1.77. The van der Waals surface area contributed by atoms with Gasteiger partial charge in [0.25, 0.3) is 0 Å². The number of halogens is 5. The number of esters is 1. The molecule has 0 aliphatic carbocycles. The van der Waals surface area contributed by atoms with E-state index in [4.69, 9.17) is 9.47 Å². The number of carbonyl (C=O) groups is 1. The smallest absolute Gasteiger partial charge is 0.453 e. The molecule has 2 aliphatic heterocycles. The van der Waals surface area contributed by atoms with Gasteiger partial charge < -0.3 is 9.47 Å². The quantitative estimate of drug-likeness (QED) is 0.208. The molecular formula is C23H38F5NO4S. The lowest BCUT2D eigenvalue weighted by Gasteiger charge is -2.41. The number of rotatable bonds is 10. The van der Waals surface area contributed by atoms with Gasteiger partial charge in [-0.25, -0.2) is 8.51 Å². The summed E-state index contributed by atoms with van der Waals surface area (Å²) < 4.78 is 87.8. The molecule has 0 spiro atoms. The summed E-state index contributed by atoms with van der Waals surface area (Å²) in [4.78, 5) is 13.0. The Labute approximate surface area is 201 Å². The Bertz CT molecular complexity index is 682. The van der Waals surface area contributed by atoms with Crippen LogP contribution in [0.25, 0.3) is 0 Å². The van der Waals surface area contributed by atoms with Gasteiger partial charge in [0.1, 0.15) is 16.6 Å². The number of hydrogen-bond donors (Lipinski definition) is 0. The van der Waals surface area contributed by atoms with Crippen LogP contribution in [0.2, 0.25) is 0 Å². The Hall–Kier alpha value is -0.810. The first-order valence-corrected chi connectivity index (χ1v) is 13.2. The summed E-state index contributed by atoms with van der Waals surface area (Å²) in [6.07, 6.45) is -1.90. The largest absolute Gasteiger partial charge is 0.459 e. The zero-order valence-corrected chi connectivity index (χ0v) is 21.2. The number of nitrogens with zero attached hydrogens (tertiary/aromatic N) is 1. The number of ether oxygens (including phenoxy) is 2. The van der Waals surface area contributed by atoms with Crippen LogP contribution < -0.4 is 0 Å². The first-order chi connectivity index (χ1) is 15.7. The summed E-state index contributed by atoms with van der Waals surface area (Å²) in [5.41, 5.74) is -0.678. The Morgan fingerprint density at radius 2 is 1.56 bits per heavy atom. The van der Waals surface area contributed by atoms with Crippen LogP contribution in [-0.2, 0) is 25.3 Å². The van der Waals surface area contributed by atoms with Crippen LogP contribution in [-0.4, -0.2) is 63.2 Å². The number of unbranched alkanes of at least 4 members (excludes halogenated alkanes) is 3. The van der Waals surface area contributed by atoms with Crippen molar-refractivity contribution < 1.29 is 40.4 Å². The lowest BCUT2D eigenvalue weighted by molar-refractivity contribution is -0.284. The second-order valence-electron chi connectivity index (χ2n) is 10.4. The van der Waals surface area contributed by atoms with Crippen molar-refractivity contribution in [3.63, 3.8) is 0 Å². The van der Waals surface area contributed by atoms with E-state index in [2.05, 4.69) is 0 Å². The van der Waals surface area contributed by atoms with Crippen LogP contribution in [0, 0.1) is 5.92 Å². The molecule has 0 amide bonds. The van der Waals surface area contributed by atoms with Gasteiger partial charge in [-0.05, 0) is 58.8 Å². The molecule has 34 heavy (non-hydrogen) atoms. The summed E-state index contributed by atoms with van der Waals surface area (Å²) in [6.45, 7) is 7.24. The third-order valence-corrected chi connectivity index (χ3v) is 8.56. The summed E-state index contributed by atoms with van der Waals surface area (Å²) in [5.74, 6) is -4.67. The minimum atomic E-state index is -5.48. The minimum absolute atomic E-state index is 0.152. The van der Waals surface area contributed by atoms with Gasteiger partial charge in [-0.2, -0.15) is 22.0 Å². The topological polar surface area (TPSA) is 55.8 Å². The molecule has 0 aromatic carbocycles. The molecular weight excluding hydrogens is 481 g/mol. The van der Waals surface area contributed by atoms with E-state index in [0.717, 1.165) is 25.7 Å². The van der Waals surface area contributed by atoms with Crippen molar-refractivity contribution in [3.8, 4) is 0 Å². The molecule has 2 rings (SSSR count). The second-order valence-corrected chi connectivity index (χ2v) is 12.2. The highest BCUT2D eigenvalue weighted by Crippen LogP contribution is 2.39. The molecule has 0 N–H and O–H groups in total. The fourth-order valence-corrected chi connectivity index (χ4v) is 6.15. The van der Waals surface area contributed by atoms with Crippen LogP contribution in [0.1, 0.15) is 85.0 Å². The van der Waals surface area contributed by atoms with Crippen LogP contribution in [0.5, 0.6) is 0 Å². The van der Waals surface area contributed by atoms with E-state index >= 15 is 0 Å². The van der Waals surface area contributed by atoms with Crippen molar-refractivity contribution in [1.29, 1.82) is 0 Å². The van der Waals surface area contributed by atoms with Crippen molar-refractivity contribution in [2.24, 2.45) is 5.92 Å². The van der Waals surface area contributed by atoms with E-state index in [-0.39, 0.29) is 6.42 Å². The van der Waals surface area contributed by atoms with Gasteiger partial charge in [-0.15, -0.1) is 0 Å². The average Bonchev–Trinajstić information content (AvgIpc) is 2.74. The van der Waals surface area contributed by atoms with Gasteiger partial charge in [0.05, 0.1) is 0 Å². The highest BCUT2D eigenvalue weighted by Gasteiger charge is 2.56. The van der Waals surface area contributed by atoms with E-state index in [1.165, 1.54) is 0 Å². The van der Waals surface area contributed by atoms with Gasteiger partial charge in [0.2, 0.25) is 0 Å². The normalized spacial score (nSPS) is 21.9. The molecule has 0 aromatic rings. The zero-order chi connectivity index (χ0) is 25.6. The maximum Gasteiger partial charge on any atom is 0.453 e. The highest BCUT2D eigenvalue weighted by atomic mass is 32.2. The molecule has 0 radical (unpaired) electrons. The van der Waals surface area contributed by atoms with E-state index in [1.54, 1.807) is 20.8 Å². The van der Waals surface area contributed by atoms with Gasteiger partial charge in [-0.3, -0.25) is 4.79 Å². The van der Waals surface area contributed by atoms with Crippen molar-refractivity contribution in [2.75, 3.05) is 26.3 Å². The molecule has 5 nitrogen and oxygen atoms in total. The molecule has 1 unspecified atom stereocenters. The predicted molar refractivity (Wildman–Crippen MR) is 120 cm³/mol. The molecule has 2 aliphatic rings. The third kappa shape index (κ3) is 8.11. The van der Waals surface area contributed by atoms with Crippen molar-refractivity contribution in [1.82, 2.24) is 4.31 Å². The molecule has 1 atom stereocenters.